The molecule has 1 unspecified atom stereocenters. The summed E-state index contributed by atoms with van der Waals surface area (Å²) in [6.07, 6.45) is 4.36. The molecule has 0 radical (unpaired) electrons. The van der Waals surface area contributed by atoms with E-state index in [1.165, 1.54) is 12.8 Å². The summed E-state index contributed by atoms with van der Waals surface area (Å²) in [7, 11) is 1.87. The molecule has 1 aromatic rings. The van der Waals surface area contributed by atoms with Gasteiger partial charge in [0.2, 0.25) is 0 Å². The van der Waals surface area contributed by atoms with E-state index in [1.54, 1.807) is 4.80 Å². The first-order chi connectivity index (χ1) is 7.79. The number of rotatable bonds is 4. The van der Waals surface area contributed by atoms with E-state index < -0.39 is 0 Å². The van der Waals surface area contributed by atoms with Crippen molar-refractivity contribution in [3.05, 3.63) is 11.9 Å². The van der Waals surface area contributed by atoms with Gasteiger partial charge in [0.1, 0.15) is 0 Å². The third-order valence-corrected chi connectivity index (χ3v) is 3.11. The second kappa shape index (κ2) is 5.41. The van der Waals surface area contributed by atoms with Gasteiger partial charge in [-0.05, 0) is 6.42 Å². The first-order valence-electron chi connectivity index (χ1n) is 6.09. The van der Waals surface area contributed by atoms with Gasteiger partial charge in [0.05, 0.1) is 11.9 Å². The highest BCUT2D eigenvalue weighted by Gasteiger charge is 2.21. The fraction of sp³-hybridized carbons (Fsp3) is 0.818. The monoisotopic (exact) mass is 223 g/mol. The minimum atomic E-state index is 0.653. The minimum Gasteiger partial charge on any atom is -0.314 e. The predicted molar refractivity (Wildman–Crippen MR) is 63.0 cm³/mol. The van der Waals surface area contributed by atoms with Gasteiger partial charge >= 0.3 is 0 Å². The van der Waals surface area contributed by atoms with Gasteiger partial charge < -0.3 is 5.32 Å². The largest absolute Gasteiger partial charge is 0.314 e. The highest BCUT2D eigenvalue weighted by Crippen LogP contribution is 2.12. The Labute approximate surface area is 96.8 Å². The van der Waals surface area contributed by atoms with Gasteiger partial charge in [0, 0.05) is 39.3 Å². The van der Waals surface area contributed by atoms with E-state index in [2.05, 4.69) is 27.3 Å². The van der Waals surface area contributed by atoms with Crippen molar-refractivity contribution < 1.29 is 0 Å². The molecule has 90 valence electrons. The number of piperazine rings is 1. The lowest BCUT2D eigenvalue weighted by molar-refractivity contribution is 0.142. The molecule has 2 rings (SSSR count). The SMILES string of the molecule is CCCC1CNCCN1Cc1cnn(C)n1. The first-order valence-corrected chi connectivity index (χ1v) is 6.09. The summed E-state index contributed by atoms with van der Waals surface area (Å²) in [5.41, 5.74) is 1.07. The smallest absolute Gasteiger partial charge is 0.0967 e. The van der Waals surface area contributed by atoms with Gasteiger partial charge in [-0.1, -0.05) is 13.3 Å². The highest BCUT2D eigenvalue weighted by molar-refractivity contribution is 4.93. The van der Waals surface area contributed by atoms with Crippen LogP contribution in [0.3, 0.4) is 0 Å². The van der Waals surface area contributed by atoms with E-state index in [-0.39, 0.29) is 0 Å². The Morgan fingerprint density at radius 2 is 2.44 bits per heavy atom. The Morgan fingerprint density at radius 3 is 3.12 bits per heavy atom. The molecule has 5 nitrogen and oxygen atoms in total. The van der Waals surface area contributed by atoms with Crippen LogP contribution in [-0.2, 0) is 13.6 Å². The van der Waals surface area contributed by atoms with E-state index in [0.29, 0.717) is 6.04 Å². The topological polar surface area (TPSA) is 46.0 Å². The molecule has 2 heterocycles. The highest BCUT2D eigenvalue weighted by atomic mass is 15.5. The zero-order chi connectivity index (χ0) is 11.4. The zero-order valence-electron chi connectivity index (χ0n) is 10.2. The van der Waals surface area contributed by atoms with E-state index in [9.17, 15) is 0 Å². The average molecular weight is 223 g/mol. The van der Waals surface area contributed by atoms with Crippen LogP contribution >= 0.6 is 0 Å². The average Bonchev–Trinajstić information content (AvgIpc) is 2.67. The lowest BCUT2D eigenvalue weighted by Gasteiger charge is -2.35. The van der Waals surface area contributed by atoms with Crippen LogP contribution in [0, 0.1) is 0 Å². The summed E-state index contributed by atoms with van der Waals surface area (Å²) in [6, 6.07) is 0.653. The number of hydrogen-bond acceptors (Lipinski definition) is 4. The predicted octanol–water partition coefficient (Wildman–Crippen LogP) is 0.389. The normalized spacial score (nSPS) is 22.5. The molecule has 1 atom stereocenters. The summed E-state index contributed by atoms with van der Waals surface area (Å²) >= 11 is 0. The van der Waals surface area contributed by atoms with Crippen molar-refractivity contribution in [2.75, 3.05) is 19.6 Å². The minimum absolute atomic E-state index is 0.653. The van der Waals surface area contributed by atoms with Gasteiger partial charge in [-0.15, -0.1) is 0 Å². The lowest BCUT2D eigenvalue weighted by Crippen LogP contribution is -2.50. The zero-order valence-corrected chi connectivity index (χ0v) is 10.2. The molecule has 1 aliphatic rings. The van der Waals surface area contributed by atoms with Crippen molar-refractivity contribution >= 4 is 0 Å². The summed E-state index contributed by atoms with van der Waals surface area (Å²) < 4.78 is 0. The second-order valence-corrected chi connectivity index (χ2v) is 4.44. The summed E-state index contributed by atoms with van der Waals surface area (Å²) in [5.74, 6) is 0. The fourth-order valence-corrected chi connectivity index (χ4v) is 2.30. The van der Waals surface area contributed by atoms with Crippen LogP contribution in [0.25, 0.3) is 0 Å². The van der Waals surface area contributed by atoms with E-state index >= 15 is 0 Å². The third kappa shape index (κ3) is 2.80. The van der Waals surface area contributed by atoms with Crippen LogP contribution in [-0.4, -0.2) is 45.6 Å². The number of hydrogen-bond donors (Lipinski definition) is 1. The van der Waals surface area contributed by atoms with E-state index in [1.807, 2.05) is 13.2 Å². The van der Waals surface area contributed by atoms with Gasteiger partial charge in [0.25, 0.3) is 0 Å². The van der Waals surface area contributed by atoms with Gasteiger partial charge in [-0.2, -0.15) is 15.0 Å². The van der Waals surface area contributed by atoms with Crippen LogP contribution in [0.1, 0.15) is 25.5 Å². The molecular formula is C11H21N5. The van der Waals surface area contributed by atoms with Crippen molar-refractivity contribution in [2.24, 2.45) is 7.05 Å². The van der Waals surface area contributed by atoms with Crippen molar-refractivity contribution in [1.82, 2.24) is 25.2 Å². The summed E-state index contributed by atoms with van der Waals surface area (Å²) in [6.45, 7) is 6.48. The number of aryl methyl sites for hydroxylation is 1. The Bertz CT molecular complexity index is 320. The molecule has 0 spiro atoms. The summed E-state index contributed by atoms with van der Waals surface area (Å²) in [4.78, 5) is 4.15. The third-order valence-electron chi connectivity index (χ3n) is 3.11. The summed E-state index contributed by atoms with van der Waals surface area (Å²) in [5, 5.41) is 11.9. The van der Waals surface area contributed by atoms with Crippen LogP contribution in [0.15, 0.2) is 6.20 Å². The molecule has 1 N–H and O–H groups in total. The molecule has 5 heteroatoms. The number of nitrogens with zero attached hydrogens (tertiary/aromatic N) is 4. The Morgan fingerprint density at radius 1 is 1.56 bits per heavy atom. The molecule has 0 amide bonds. The molecule has 0 aromatic carbocycles. The quantitative estimate of drug-likeness (QED) is 0.802. The molecule has 0 saturated carbocycles. The van der Waals surface area contributed by atoms with Gasteiger partial charge in [0.15, 0.2) is 0 Å². The standard InChI is InChI=1S/C11H21N5/c1-3-4-11-8-12-5-6-16(11)9-10-7-13-15(2)14-10/h7,11-12H,3-6,8-9H2,1-2H3. The van der Waals surface area contributed by atoms with Crippen LogP contribution < -0.4 is 5.32 Å². The molecule has 16 heavy (non-hydrogen) atoms. The Kier molecular flexibility index (Phi) is 3.90. The van der Waals surface area contributed by atoms with Gasteiger partial charge in [-0.3, -0.25) is 4.90 Å². The van der Waals surface area contributed by atoms with Crippen molar-refractivity contribution in [2.45, 2.75) is 32.4 Å². The number of nitrogens with one attached hydrogen (secondary N) is 1. The van der Waals surface area contributed by atoms with E-state index in [0.717, 1.165) is 31.9 Å². The molecular weight excluding hydrogens is 202 g/mol. The lowest BCUT2D eigenvalue weighted by atomic mass is 10.1. The van der Waals surface area contributed by atoms with Crippen LogP contribution in [0.4, 0.5) is 0 Å². The first kappa shape index (κ1) is 11.5. The van der Waals surface area contributed by atoms with Crippen molar-refractivity contribution in [3.8, 4) is 0 Å². The molecule has 1 fully saturated rings. The van der Waals surface area contributed by atoms with Gasteiger partial charge in [-0.25, -0.2) is 0 Å². The van der Waals surface area contributed by atoms with Crippen molar-refractivity contribution in [1.29, 1.82) is 0 Å². The fourth-order valence-electron chi connectivity index (χ4n) is 2.30. The maximum Gasteiger partial charge on any atom is 0.0967 e. The maximum atomic E-state index is 4.34. The molecule has 1 aromatic heterocycles. The number of aromatic nitrogens is 3. The molecule has 0 bridgehead atoms. The molecule has 0 aliphatic carbocycles. The van der Waals surface area contributed by atoms with Crippen LogP contribution in [0.5, 0.6) is 0 Å². The van der Waals surface area contributed by atoms with Crippen LogP contribution in [0.2, 0.25) is 0 Å². The molecule has 1 saturated heterocycles. The second-order valence-electron chi connectivity index (χ2n) is 4.44. The molecule has 1 aliphatic heterocycles. The Balaban J connectivity index is 1.95. The maximum absolute atomic E-state index is 4.34. The van der Waals surface area contributed by atoms with E-state index in [4.69, 9.17) is 0 Å². The van der Waals surface area contributed by atoms with Crippen molar-refractivity contribution in [3.63, 3.8) is 0 Å². The Hall–Kier alpha value is -0.940.